The molecular formula is C17H19NO6. The lowest BCUT2D eigenvalue weighted by Gasteiger charge is -2.19. The highest BCUT2D eigenvalue weighted by Gasteiger charge is 2.24. The SMILES string of the molecule is COc1ccc(-c2c(C(N)=O)cc(OC)c(OC)c2OC)cc1O. The van der Waals surface area contributed by atoms with Crippen LogP contribution >= 0.6 is 0 Å². The number of nitrogens with two attached hydrogens (primary N) is 1. The second-order valence-electron chi connectivity index (χ2n) is 4.82. The summed E-state index contributed by atoms with van der Waals surface area (Å²) < 4.78 is 21.0. The average Bonchev–Trinajstić information content (AvgIpc) is 2.59. The molecule has 7 nitrogen and oxygen atoms in total. The fraction of sp³-hybridized carbons (Fsp3) is 0.235. The fourth-order valence-electron chi connectivity index (χ4n) is 2.48. The Morgan fingerprint density at radius 1 is 0.917 bits per heavy atom. The van der Waals surface area contributed by atoms with E-state index in [1.165, 1.54) is 40.6 Å². The first-order valence-electron chi connectivity index (χ1n) is 6.98. The van der Waals surface area contributed by atoms with E-state index in [0.29, 0.717) is 28.4 Å². The topological polar surface area (TPSA) is 100 Å². The number of phenols is 1. The molecule has 2 aromatic rings. The molecule has 2 aromatic carbocycles. The van der Waals surface area contributed by atoms with Gasteiger partial charge in [0.2, 0.25) is 11.7 Å². The molecule has 3 N–H and O–H groups in total. The Morgan fingerprint density at radius 2 is 1.54 bits per heavy atom. The van der Waals surface area contributed by atoms with Gasteiger partial charge in [-0.1, -0.05) is 6.07 Å². The molecule has 0 aliphatic heterocycles. The summed E-state index contributed by atoms with van der Waals surface area (Å²) in [5.41, 5.74) is 6.59. The zero-order chi connectivity index (χ0) is 17.9. The molecule has 24 heavy (non-hydrogen) atoms. The molecule has 0 atom stereocenters. The minimum absolute atomic E-state index is 0.0812. The molecule has 0 spiro atoms. The van der Waals surface area contributed by atoms with Crippen molar-refractivity contribution in [3.8, 4) is 39.9 Å². The molecule has 0 radical (unpaired) electrons. The molecule has 0 aliphatic rings. The van der Waals surface area contributed by atoms with Crippen molar-refractivity contribution in [1.82, 2.24) is 0 Å². The van der Waals surface area contributed by atoms with Gasteiger partial charge in [0.1, 0.15) is 0 Å². The molecule has 1 amide bonds. The van der Waals surface area contributed by atoms with Crippen molar-refractivity contribution in [3.63, 3.8) is 0 Å². The normalized spacial score (nSPS) is 10.2. The molecule has 0 saturated carbocycles. The van der Waals surface area contributed by atoms with Crippen LogP contribution in [0.4, 0.5) is 0 Å². The highest BCUT2D eigenvalue weighted by atomic mass is 16.5. The molecule has 0 aliphatic carbocycles. The molecule has 2 rings (SSSR count). The van der Waals surface area contributed by atoms with Crippen molar-refractivity contribution in [2.75, 3.05) is 28.4 Å². The number of benzene rings is 2. The van der Waals surface area contributed by atoms with Gasteiger partial charge in [-0.05, 0) is 23.8 Å². The van der Waals surface area contributed by atoms with Crippen LogP contribution in [-0.4, -0.2) is 39.5 Å². The van der Waals surface area contributed by atoms with Gasteiger partial charge < -0.3 is 29.8 Å². The molecule has 0 fully saturated rings. The molecule has 128 valence electrons. The third-order valence-corrected chi connectivity index (χ3v) is 3.56. The summed E-state index contributed by atoms with van der Waals surface area (Å²) in [7, 11) is 5.79. The summed E-state index contributed by atoms with van der Waals surface area (Å²) in [6.07, 6.45) is 0. The maximum atomic E-state index is 11.9. The van der Waals surface area contributed by atoms with Crippen molar-refractivity contribution in [3.05, 3.63) is 29.8 Å². The van der Waals surface area contributed by atoms with E-state index in [1.54, 1.807) is 12.1 Å². The van der Waals surface area contributed by atoms with E-state index in [9.17, 15) is 9.90 Å². The minimum atomic E-state index is -0.667. The largest absolute Gasteiger partial charge is 0.504 e. The maximum absolute atomic E-state index is 11.9. The van der Waals surface area contributed by atoms with Crippen LogP contribution in [0, 0.1) is 0 Å². The Bertz CT molecular complexity index is 772. The number of hydrogen-bond acceptors (Lipinski definition) is 6. The Morgan fingerprint density at radius 3 is 2.00 bits per heavy atom. The molecule has 0 saturated heterocycles. The van der Waals surface area contributed by atoms with Crippen molar-refractivity contribution >= 4 is 5.91 Å². The first-order valence-corrected chi connectivity index (χ1v) is 6.98. The van der Waals surface area contributed by atoms with Gasteiger partial charge in [0.25, 0.3) is 0 Å². The van der Waals surface area contributed by atoms with Gasteiger partial charge in [0.05, 0.1) is 34.0 Å². The summed E-state index contributed by atoms with van der Waals surface area (Å²) in [5, 5.41) is 10.0. The summed E-state index contributed by atoms with van der Waals surface area (Å²) in [4.78, 5) is 11.9. The van der Waals surface area contributed by atoms with Crippen LogP contribution in [-0.2, 0) is 0 Å². The fourth-order valence-corrected chi connectivity index (χ4v) is 2.48. The number of rotatable bonds is 6. The van der Waals surface area contributed by atoms with Crippen molar-refractivity contribution in [1.29, 1.82) is 0 Å². The van der Waals surface area contributed by atoms with Crippen LogP contribution in [0.2, 0.25) is 0 Å². The van der Waals surface area contributed by atoms with E-state index < -0.39 is 5.91 Å². The van der Waals surface area contributed by atoms with Crippen LogP contribution in [0.3, 0.4) is 0 Å². The van der Waals surface area contributed by atoms with Gasteiger partial charge in [-0.25, -0.2) is 0 Å². The Balaban J connectivity index is 2.84. The lowest BCUT2D eigenvalue weighted by molar-refractivity contribution is 0.1000. The van der Waals surface area contributed by atoms with Crippen LogP contribution in [0.25, 0.3) is 11.1 Å². The van der Waals surface area contributed by atoms with E-state index >= 15 is 0 Å². The molecule has 0 bridgehead atoms. The van der Waals surface area contributed by atoms with E-state index in [0.717, 1.165) is 0 Å². The van der Waals surface area contributed by atoms with E-state index in [2.05, 4.69) is 0 Å². The predicted molar refractivity (Wildman–Crippen MR) is 88.3 cm³/mol. The number of aromatic hydroxyl groups is 1. The van der Waals surface area contributed by atoms with Gasteiger partial charge in [0.15, 0.2) is 23.0 Å². The van der Waals surface area contributed by atoms with E-state index in [-0.39, 0.29) is 17.1 Å². The van der Waals surface area contributed by atoms with Crippen LogP contribution in [0.15, 0.2) is 24.3 Å². The molecule has 0 unspecified atom stereocenters. The number of hydrogen-bond donors (Lipinski definition) is 2. The quantitative estimate of drug-likeness (QED) is 0.840. The van der Waals surface area contributed by atoms with Gasteiger partial charge >= 0.3 is 0 Å². The molecule has 0 aromatic heterocycles. The monoisotopic (exact) mass is 333 g/mol. The maximum Gasteiger partial charge on any atom is 0.249 e. The third-order valence-electron chi connectivity index (χ3n) is 3.56. The van der Waals surface area contributed by atoms with Crippen LogP contribution in [0.5, 0.6) is 28.7 Å². The zero-order valence-electron chi connectivity index (χ0n) is 13.9. The van der Waals surface area contributed by atoms with Gasteiger partial charge in [-0.15, -0.1) is 0 Å². The smallest absolute Gasteiger partial charge is 0.249 e. The standard InChI is InChI=1S/C17H19NO6/c1-21-12-6-5-9(7-11(12)19)14-10(17(18)20)8-13(22-2)15(23-3)16(14)24-4/h5-8,19H,1-4H3,(H2,18,20). The number of carbonyl (C=O) groups is 1. The second-order valence-corrected chi connectivity index (χ2v) is 4.82. The average molecular weight is 333 g/mol. The number of ether oxygens (including phenoxy) is 4. The van der Waals surface area contributed by atoms with Gasteiger partial charge in [0, 0.05) is 5.56 Å². The number of carbonyl (C=O) groups excluding carboxylic acids is 1. The highest BCUT2D eigenvalue weighted by molar-refractivity contribution is 6.03. The van der Waals surface area contributed by atoms with Crippen LogP contribution < -0.4 is 24.7 Å². The number of primary amides is 1. The summed E-state index contributed by atoms with van der Waals surface area (Å²) in [6.45, 7) is 0. The number of amides is 1. The predicted octanol–water partition coefficient (Wildman–Crippen LogP) is 2.19. The van der Waals surface area contributed by atoms with E-state index in [1.807, 2.05) is 0 Å². The highest BCUT2D eigenvalue weighted by Crippen LogP contribution is 2.47. The number of phenolic OH excluding ortho intramolecular Hbond substituents is 1. The summed E-state index contributed by atoms with van der Waals surface area (Å²) in [5.74, 6) is 0.454. The van der Waals surface area contributed by atoms with Crippen molar-refractivity contribution < 1.29 is 28.8 Å². The Hall–Kier alpha value is -3.09. The summed E-state index contributed by atoms with van der Waals surface area (Å²) in [6, 6.07) is 6.18. The van der Waals surface area contributed by atoms with Gasteiger partial charge in [-0.2, -0.15) is 0 Å². The number of methoxy groups -OCH3 is 4. The minimum Gasteiger partial charge on any atom is -0.504 e. The Kier molecular flexibility index (Phi) is 5.03. The second kappa shape index (κ2) is 6.99. The lowest BCUT2D eigenvalue weighted by atomic mass is 9.96. The molecular weight excluding hydrogens is 314 g/mol. The Labute approximate surface area is 139 Å². The van der Waals surface area contributed by atoms with Gasteiger partial charge in [-0.3, -0.25) is 4.79 Å². The van der Waals surface area contributed by atoms with E-state index in [4.69, 9.17) is 24.7 Å². The lowest BCUT2D eigenvalue weighted by Crippen LogP contribution is -2.14. The first kappa shape index (κ1) is 17.3. The molecule has 7 heteroatoms. The molecule has 0 heterocycles. The first-order chi connectivity index (χ1) is 11.5. The van der Waals surface area contributed by atoms with Crippen molar-refractivity contribution in [2.24, 2.45) is 5.73 Å². The van der Waals surface area contributed by atoms with Crippen molar-refractivity contribution in [2.45, 2.75) is 0 Å². The van der Waals surface area contributed by atoms with Crippen LogP contribution in [0.1, 0.15) is 10.4 Å². The summed E-state index contributed by atoms with van der Waals surface area (Å²) >= 11 is 0. The zero-order valence-corrected chi connectivity index (χ0v) is 13.9. The third kappa shape index (κ3) is 2.88.